The number of rotatable bonds is 7. The van der Waals surface area contributed by atoms with Crippen molar-refractivity contribution in [1.82, 2.24) is 0 Å². The van der Waals surface area contributed by atoms with Crippen molar-refractivity contribution in [2.45, 2.75) is 6.16 Å². The Hall–Kier alpha value is -3.77. The average molecular weight is 586 g/mol. The molecule has 6 rings (SSSR count). The minimum absolute atomic E-state index is 0.851. The molecule has 0 aromatic heterocycles. The van der Waals surface area contributed by atoms with Gasteiger partial charge >= 0.3 is 241 Å². The molecule has 0 unspecified atom stereocenters. The van der Waals surface area contributed by atoms with Crippen LogP contribution >= 0.6 is 20.8 Å². The van der Waals surface area contributed by atoms with E-state index in [9.17, 15) is 0 Å². The standard InChI is InChI=1S/C37H30BrP/c38-39(35-20-10-3-11-21-35,36-22-12-4-13-23-36,37-24-14-5-15-25-37)29-30-26-33(31-16-6-1-7-17-31)28-34(27-30)32-18-8-2-9-19-32/h1-28H,29H2. The minimum atomic E-state index is -3.13. The van der Waals surface area contributed by atoms with Crippen molar-refractivity contribution in [3.63, 3.8) is 0 Å². The van der Waals surface area contributed by atoms with Gasteiger partial charge in [-0.25, -0.2) is 0 Å². The molecular weight excluding hydrogens is 555 g/mol. The van der Waals surface area contributed by atoms with Gasteiger partial charge in [-0.2, -0.15) is 0 Å². The molecule has 39 heavy (non-hydrogen) atoms. The van der Waals surface area contributed by atoms with Crippen LogP contribution in [-0.2, 0) is 6.16 Å². The van der Waals surface area contributed by atoms with Gasteiger partial charge in [-0.05, 0) is 0 Å². The normalized spacial score (nSPS) is 12.4. The fraction of sp³-hybridized carbons (Fsp3) is 0.0270. The summed E-state index contributed by atoms with van der Waals surface area (Å²) in [7, 11) is 0. The van der Waals surface area contributed by atoms with Crippen molar-refractivity contribution in [3.8, 4) is 22.3 Å². The van der Waals surface area contributed by atoms with Gasteiger partial charge in [-0.1, -0.05) is 0 Å². The van der Waals surface area contributed by atoms with Crippen LogP contribution in [0.3, 0.4) is 0 Å². The maximum atomic E-state index is 4.65. The maximum absolute atomic E-state index is 4.65. The second kappa shape index (κ2) is 10.8. The third-order valence-corrected chi connectivity index (χ3v) is 17.1. The molecule has 190 valence electrons. The van der Waals surface area contributed by atoms with Crippen LogP contribution in [0.5, 0.6) is 0 Å². The third kappa shape index (κ3) is 4.78. The quantitative estimate of drug-likeness (QED) is 0.164. The molecule has 0 aliphatic carbocycles. The molecule has 6 aromatic carbocycles. The van der Waals surface area contributed by atoms with Crippen LogP contribution < -0.4 is 15.9 Å². The van der Waals surface area contributed by atoms with Crippen molar-refractivity contribution in [1.29, 1.82) is 0 Å². The van der Waals surface area contributed by atoms with E-state index in [1.54, 1.807) is 0 Å². The van der Waals surface area contributed by atoms with Crippen molar-refractivity contribution >= 4 is 36.7 Å². The number of benzene rings is 6. The number of hydrogen-bond donors (Lipinski definition) is 0. The molecular formula is C37H30BrP. The van der Waals surface area contributed by atoms with Gasteiger partial charge in [0, 0.05) is 0 Å². The van der Waals surface area contributed by atoms with Crippen molar-refractivity contribution < 1.29 is 0 Å². The first-order valence-electron chi connectivity index (χ1n) is 13.3. The number of hydrogen-bond acceptors (Lipinski definition) is 0. The SMILES string of the molecule is BrP(Cc1cc(-c2ccccc2)cc(-c2ccccc2)c1)(c1ccccc1)(c1ccccc1)c1ccccc1. The summed E-state index contributed by atoms with van der Waals surface area (Å²) in [6, 6.07) is 61.6. The van der Waals surface area contributed by atoms with E-state index in [0.29, 0.717) is 0 Å². The van der Waals surface area contributed by atoms with Gasteiger partial charge in [0.15, 0.2) is 0 Å². The molecule has 0 N–H and O–H groups in total. The zero-order chi connectivity index (χ0) is 26.6. The summed E-state index contributed by atoms with van der Waals surface area (Å²) in [5, 5.41) is 0.853. The van der Waals surface area contributed by atoms with Crippen LogP contribution in [0, 0.1) is 0 Å². The van der Waals surface area contributed by atoms with E-state index in [4.69, 9.17) is 0 Å². The van der Waals surface area contributed by atoms with E-state index in [1.165, 1.54) is 43.7 Å². The Bertz CT molecular complexity index is 1510. The van der Waals surface area contributed by atoms with Gasteiger partial charge in [0.05, 0.1) is 0 Å². The summed E-state index contributed by atoms with van der Waals surface area (Å²) >= 11 is 4.65. The molecule has 0 saturated carbocycles. The summed E-state index contributed by atoms with van der Waals surface area (Å²) < 4.78 is 0. The van der Waals surface area contributed by atoms with Crippen LogP contribution in [-0.4, -0.2) is 0 Å². The predicted molar refractivity (Wildman–Crippen MR) is 175 cm³/mol. The first-order chi connectivity index (χ1) is 19.1. The van der Waals surface area contributed by atoms with Gasteiger partial charge in [0.25, 0.3) is 0 Å². The summed E-state index contributed by atoms with van der Waals surface area (Å²) in [5.74, 6) is 0. The average Bonchev–Trinajstić information content (AvgIpc) is 3.03. The van der Waals surface area contributed by atoms with Crippen LogP contribution in [0.1, 0.15) is 5.56 Å². The fourth-order valence-corrected chi connectivity index (χ4v) is 13.3. The van der Waals surface area contributed by atoms with Gasteiger partial charge in [0.1, 0.15) is 0 Å². The topological polar surface area (TPSA) is 0 Å². The summed E-state index contributed by atoms with van der Waals surface area (Å²) in [5.41, 5.74) is 6.23. The molecule has 0 nitrogen and oxygen atoms in total. The zero-order valence-corrected chi connectivity index (χ0v) is 24.2. The molecule has 0 amide bonds. The second-order valence-electron chi connectivity index (χ2n) is 10.00. The third-order valence-electron chi connectivity index (χ3n) is 7.57. The van der Waals surface area contributed by atoms with E-state index in [2.05, 4.69) is 185 Å². The number of halogens is 1. The summed E-state index contributed by atoms with van der Waals surface area (Å²) in [6.45, 7) is 0. The zero-order valence-electron chi connectivity index (χ0n) is 21.7. The van der Waals surface area contributed by atoms with Gasteiger partial charge in [0.2, 0.25) is 0 Å². The Morgan fingerprint density at radius 3 is 1.00 bits per heavy atom. The Morgan fingerprint density at radius 2 is 0.667 bits per heavy atom. The van der Waals surface area contributed by atoms with E-state index in [-0.39, 0.29) is 0 Å². The Labute approximate surface area is 239 Å². The predicted octanol–water partition coefficient (Wildman–Crippen LogP) is 9.36. The fourth-order valence-electron chi connectivity index (χ4n) is 5.66. The van der Waals surface area contributed by atoms with Gasteiger partial charge in [-0.15, -0.1) is 0 Å². The molecule has 0 heterocycles. The van der Waals surface area contributed by atoms with Crippen LogP contribution in [0.4, 0.5) is 0 Å². The van der Waals surface area contributed by atoms with Gasteiger partial charge in [-0.3, -0.25) is 0 Å². The van der Waals surface area contributed by atoms with E-state index >= 15 is 0 Å². The molecule has 0 aliphatic heterocycles. The van der Waals surface area contributed by atoms with Crippen LogP contribution in [0.15, 0.2) is 170 Å². The second-order valence-corrected chi connectivity index (χ2v) is 18.9. The van der Waals surface area contributed by atoms with Crippen LogP contribution in [0.25, 0.3) is 22.3 Å². The first-order valence-corrected chi connectivity index (χ1v) is 17.7. The molecule has 0 bridgehead atoms. The van der Waals surface area contributed by atoms with Crippen LogP contribution in [0.2, 0.25) is 0 Å². The molecule has 0 spiro atoms. The summed E-state index contributed by atoms with van der Waals surface area (Å²) in [6.07, 6.45) is 0.851. The van der Waals surface area contributed by atoms with E-state index < -0.39 is 5.31 Å². The molecule has 0 radical (unpaired) electrons. The van der Waals surface area contributed by atoms with Crippen molar-refractivity contribution in [2.24, 2.45) is 0 Å². The van der Waals surface area contributed by atoms with E-state index in [1.807, 2.05) is 0 Å². The molecule has 6 aromatic rings. The first kappa shape index (κ1) is 25.5. The Balaban J connectivity index is 1.65. The van der Waals surface area contributed by atoms with Gasteiger partial charge < -0.3 is 0 Å². The Morgan fingerprint density at radius 1 is 0.359 bits per heavy atom. The molecule has 0 atom stereocenters. The monoisotopic (exact) mass is 584 g/mol. The summed E-state index contributed by atoms with van der Waals surface area (Å²) in [4.78, 5) is 0. The van der Waals surface area contributed by atoms with Crippen molar-refractivity contribution in [3.05, 3.63) is 175 Å². The van der Waals surface area contributed by atoms with E-state index in [0.717, 1.165) is 6.16 Å². The Kier molecular flexibility index (Phi) is 7.05. The van der Waals surface area contributed by atoms with Crippen molar-refractivity contribution in [2.75, 3.05) is 0 Å². The molecule has 0 aliphatic rings. The molecule has 2 heteroatoms. The molecule has 0 fully saturated rings. The molecule has 0 saturated heterocycles.